The van der Waals surface area contributed by atoms with Crippen molar-refractivity contribution in [3.63, 3.8) is 0 Å². The Hall–Kier alpha value is -2.93. The summed E-state index contributed by atoms with van der Waals surface area (Å²) in [4.78, 5) is 57.1. The van der Waals surface area contributed by atoms with Crippen molar-refractivity contribution in [2.45, 2.75) is 22.7 Å². The fourth-order valence-corrected chi connectivity index (χ4v) is 8.23. The number of amides is 3. The van der Waals surface area contributed by atoms with Gasteiger partial charge in [0.25, 0.3) is 0 Å². The minimum Gasteiger partial charge on any atom is -0.508 e. The van der Waals surface area contributed by atoms with E-state index in [2.05, 4.69) is 15.9 Å². The molecular weight excluding hydrogens is 594 g/mol. The van der Waals surface area contributed by atoms with Crippen LogP contribution in [0, 0.1) is 5.92 Å². The Kier molecular flexibility index (Phi) is 6.67. The zero-order chi connectivity index (χ0) is 26.6. The second-order valence-electron chi connectivity index (χ2n) is 9.24. The van der Waals surface area contributed by atoms with E-state index in [1.54, 1.807) is 41.3 Å². The number of rotatable bonds is 4. The number of hydrogen-bond donors (Lipinski definition) is 1. The number of morpholine rings is 1. The van der Waals surface area contributed by atoms with E-state index in [4.69, 9.17) is 4.74 Å². The maximum atomic E-state index is 13.8. The van der Waals surface area contributed by atoms with Gasteiger partial charge in [0.1, 0.15) is 17.5 Å². The van der Waals surface area contributed by atoms with Gasteiger partial charge < -0.3 is 14.7 Å². The second-order valence-corrected chi connectivity index (χ2v) is 12.3. The molecule has 9 nitrogen and oxygen atoms in total. The van der Waals surface area contributed by atoms with Crippen LogP contribution >= 0.6 is 39.0 Å². The summed E-state index contributed by atoms with van der Waals surface area (Å²) < 4.78 is 7.60. The SMILES string of the molecule is O=C(Cn1c2c(sc1=O)C(c1ccc(O)cc1)C1C(=O)N(c3ccc(Br)cc3)C(=O)C1S2)N1CCOCC1. The number of carbonyl (C=O) groups excluding carboxylic acids is 3. The largest absolute Gasteiger partial charge is 0.508 e. The Bertz CT molecular complexity index is 1480. The summed E-state index contributed by atoms with van der Waals surface area (Å²) in [5, 5.41) is 9.65. The summed E-state index contributed by atoms with van der Waals surface area (Å²) in [5.41, 5.74) is 1.19. The Labute approximate surface area is 234 Å². The molecule has 0 bridgehead atoms. The topological polar surface area (TPSA) is 109 Å². The lowest BCUT2D eigenvalue weighted by molar-refractivity contribution is -0.136. The van der Waals surface area contributed by atoms with E-state index in [0.717, 1.165) is 15.8 Å². The predicted molar refractivity (Wildman–Crippen MR) is 146 cm³/mol. The number of nitrogens with zero attached hydrogens (tertiary/aromatic N) is 3. The molecule has 196 valence electrons. The summed E-state index contributed by atoms with van der Waals surface area (Å²) in [7, 11) is 0. The highest BCUT2D eigenvalue weighted by atomic mass is 79.9. The second kappa shape index (κ2) is 9.99. The van der Waals surface area contributed by atoms with Gasteiger partial charge in [-0.25, -0.2) is 4.90 Å². The van der Waals surface area contributed by atoms with E-state index >= 15 is 0 Å². The van der Waals surface area contributed by atoms with E-state index in [-0.39, 0.29) is 34.9 Å². The van der Waals surface area contributed by atoms with Crippen molar-refractivity contribution in [3.8, 4) is 5.75 Å². The number of benzene rings is 2. The maximum Gasteiger partial charge on any atom is 0.308 e. The lowest BCUT2D eigenvalue weighted by Crippen LogP contribution is -2.43. The number of phenolic OH excluding ortho intramolecular Hbond substituents is 1. The summed E-state index contributed by atoms with van der Waals surface area (Å²) in [5.74, 6) is -2.13. The van der Waals surface area contributed by atoms with Crippen molar-refractivity contribution >= 4 is 62.4 Å². The molecule has 1 N–H and O–H groups in total. The fourth-order valence-electron chi connectivity index (χ4n) is 5.19. The number of halogens is 1. The number of imide groups is 1. The third kappa shape index (κ3) is 4.29. The molecule has 0 aliphatic carbocycles. The number of anilines is 1. The van der Waals surface area contributed by atoms with E-state index in [1.807, 2.05) is 0 Å². The standard InChI is InChI=1S/C26H22BrN3O6S2/c27-15-3-5-16(6-4-15)30-23(33)20-19(14-1-7-17(31)8-2-14)22-25(37-21(20)24(30)34)29(26(35)38-22)13-18(32)28-9-11-36-12-10-28/h1-8,19-21,31H,9-13H2. The molecule has 6 rings (SSSR count). The highest BCUT2D eigenvalue weighted by Gasteiger charge is 2.56. The monoisotopic (exact) mass is 615 g/mol. The number of ether oxygens (including phenoxy) is 1. The Morgan fingerprint density at radius 2 is 1.68 bits per heavy atom. The number of carbonyl (C=O) groups is 3. The van der Waals surface area contributed by atoms with Crippen molar-refractivity contribution in [1.29, 1.82) is 0 Å². The van der Waals surface area contributed by atoms with Gasteiger partial charge >= 0.3 is 4.87 Å². The van der Waals surface area contributed by atoms with Gasteiger partial charge in [-0.3, -0.25) is 23.7 Å². The van der Waals surface area contributed by atoms with Gasteiger partial charge in [0.2, 0.25) is 17.7 Å². The normalized spacial score (nSPS) is 22.9. The van der Waals surface area contributed by atoms with Gasteiger partial charge in [0.15, 0.2) is 0 Å². The van der Waals surface area contributed by atoms with E-state index < -0.39 is 17.1 Å². The molecule has 12 heteroatoms. The quantitative estimate of drug-likeness (QED) is 0.449. The number of thioether (sulfide) groups is 1. The zero-order valence-electron chi connectivity index (χ0n) is 19.9. The Morgan fingerprint density at radius 1 is 1.00 bits per heavy atom. The number of phenols is 1. The van der Waals surface area contributed by atoms with Crippen LogP contribution in [-0.2, 0) is 25.7 Å². The number of aromatic nitrogens is 1. The van der Waals surface area contributed by atoms with Crippen LogP contribution in [0.3, 0.4) is 0 Å². The average Bonchev–Trinajstić information content (AvgIpc) is 3.36. The molecule has 3 aliphatic rings. The molecule has 38 heavy (non-hydrogen) atoms. The molecule has 3 aromatic rings. The van der Waals surface area contributed by atoms with Gasteiger partial charge in [-0.1, -0.05) is 51.2 Å². The van der Waals surface area contributed by atoms with Crippen LogP contribution in [0.5, 0.6) is 5.75 Å². The van der Waals surface area contributed by atoms with Gasteiger partial charge in [-0.05, 0) is 42.0 Å². The fraction of sp³-hybridized carbons (Fsp3) is 0.308. The van der Waals surface area contributed by atoms with Crippen LogP contribution in [0.2, 0.25) is 0 Å². The van der Waals surface area contributed by atoms with Crippen LogP contribution in [0.25, 0.3) is 0 Å². The lowest BCUT2D eigenvalue weighted by atomic mass is 9.83. The maximum absolute atomic E-state index is 13.8. The van der Waals surface area contributed by atoms with E-state index in [1.165, 1.54) is 33.4 Å². The van der Waals surface area contributed by atoms with Gasteiger partial charge in [-0.15, -0.1) is 0 Å². The molecule has 0 radical (unpaired) electrons. The van der Waals surface area contributed by atoms with Gasteiger partial charge in [0.05, 0.1) is 29.8 Å². The molecule has 0 saturated carbocycles. The summed E-state index contributed by atoms with van der Waals surface area (Å²) in [6.07, 6.45) is 0. The first kappa shape index (κ1) is 25.4. The van der Waals surface area contributed by atoms with Crippen LogP contribution in [0.15, 0.2) is 62.8 Å². The molecule has 3 amide bonds. The average molecular weight is 617 g/mol. The zero-order valence-corrected chi connectivity index (χ0v) is 23.1. The third-order valence-corrected chi connectivity index (χ3v) is 10.2. The highest BCUT2D eigenvalue weighted by molar-refractivity contribution is 9.10. The molecule has 2 saturated heterocycles. The molecule has 3 unspecified atom stereocenters. The van der Waals surface area contributed by atoms with Crippen molar-refractivity contribution in [2.24, 2.45) is 5.92 Å². The lowest BCUT2D eigenvalue weighted by Gasteiger charge is -2.31. The summed E-state index contributed by atoms with van der Waals surface area (Å²) in [6.45, 7) is 1.68. The number of aromatic hydroxyl groups is 1. The number of hydrogen-bond acceptors (Lipinski definition) is 8. The first-order valence-electron chi connectivity index (χ1n) is 12.0. The summed E-state index contributed by atoms with van der Waals surface area (Å²) in [6, 6.07) is 13.5. The Balaban J connectivity index is 1.43. The first-order chi connectivity index (χ1) is 18.3. The molecule has 1 aromatic heterocycles. The molecule has 3 atom stereocenters. The summed E-state index contributed by atoms with van der Waals surface area (Å²) >= 11 is 5.58. The predicted octanol–water partition coefficient (Wildman–Crippen LogP) is 3.03. The van der Waals surface area contributed by atoms with Crippen molar-refractivity contribution in [1.82, 2.24) is 9.47 Å². The minimum absolute atomic E-state index is 0.0721. The van der Waals surface area contributed by atoms with E-state index in [0.29, 0.717) is 47.5 Å². The third-order valence-electron chi connectivity index (χ3n) is 7.04. The van der Waals surface area contributed by atoms with Crippen LogP contribution in [0.4, 0.5) is 5.69 Å². The van der Waals surface area contributed by atoms with Crippen LogP contribution in [-0.4, -0.2) is 63.8 Å². The number of fused-ring (bicyclic) bond motifs is 2. The van der Waals surface area contributed by atoms with Gasteiger partial charge in [-0.2, -0.15) is 0 Å². The van der Waals surface area contributed by atoms with E-state index in [9.17, 15) is 24.3 Å². The molecule has 2 fully saturated rings. The van der Waals surface area contributed by atoms with Crippen molar-refractivity contribution < 1.29 is 24.2 Å². The first-order valence-corrected chi connectivity index (χ1v) is 14.5. The van der Waals surface area contributed by atoms with Gasteiger partial charge in [0, 0.05) is 28.4 Å². The highest BCUT2D eigenvalue weighted by Crippen LogP contribution is 2.54. The number of thiazole rings is 1. The molecule has 0 spiro atoms. The van der Waals surface area contributed by atoms with Crippen molar-refractivity contribution in [3.05, 3.63) is 73.1 Å². The minimum atomic E-state index is -0.767. The molecule has 2 aromatic carbocycles. The van der Waals surface area contributed by atoms with Crippen LogP contribution < -0.4 is 9.77 Å². The smallest absolute Gasteiger partial charge is 0.308 e. The van der Waals surface area contributed by atoms with Crippen LogP contribution in [0.1, 0.15) is 16.4 Å². The molecule has 3 aliphatic heterocycles. The molecule has 4 heterocycles. The van der Waals surface area contributed by atoms with Crippen molar-refractivity contribution in [2.75, 3.05) is 31.2 Å². The Morgan fingerprint density at radius 3 is 2.37 bits per heavy atom. The molecular formula is C26H22BrN3O6S2.